The van der Waals surface area contributed by atoms with E-state index < -0.39 is 17.3 Å². The summed E-state index contributed by atoms with van der Waals surface area (Å²) in [5.41, 5.74) is 0. The van der Waals surface area contributed by atoms with E-state index in [0.29, 0.717) is 0 Å². The summed E-state index contributed by atoms with van der Waals surface area (Å²) in [6.07, 6.45) is 7.15. The number of aromatic amines is 2. The minimum atomic E-state index is -1.22. The van der Waals surface area contributed by atoms with Crippen LogP contribution in [0.15, 0.2) is 12.4 Å². The highest BCUT2D eigenvalue weighted by atomic mass is 16.2. The third kappa shape index (κ3) is 1.65. The molecule has 2 heterocycles. The Morgan fingerprint density at radius 3 is 1.69 bits per heavy atom. The maximum Gasteiger partial charge on any atom is 0.280 e. The van der Waals surface area contributed by atoms with Crippen LogP contribution < -0.4 is 0 Å². The fraction of sp³-hybridized carbons (Fsp3) is 0. The Morgan fingerprint density at radius 2 is 1.38 bits per heavy atom. The van der Waals surface area contributed by atoms with Crippen molar-refractivity contribution < 1.29 is 14.4 Å². The fourth-order valence-electron chi connectivity index (χ4n) is 1.01. The molecule has 78 valence electrons. The number of aromatic nitrogens is 4. The van der Waals surface area contributed by atoms with Crippen LogP contribution in [-0.2, 0) is 4.79 Å². The van der Waals surface area contributed by atoms with Gasteiger partial charge in [0.2, 0.25) is 0 Å². The summed E-state index contributed by atoms with van der Waals surface area (Å²) < 4.78 is 0. The molecule has 0 amide bonds. The summed E-state index contributed by atoms with van der Waals surface area (Å²) in [5.74, 6) is -3.72. The Labute approximate surface area is 88.9 Å². The smallest absolute Gasteiger partial charge is 0.280 e. The Bertz CT molecular complexity index is 479. The molecule has 16 heavy (non-hydrogen) atoms. The van der Waals surface area contributed by atoms with Gasteiger partial charge in [-0.25, -0.2) is 9.97 Å². The molecule has 0 aliphatic rings. The highest BCUT2D eigenvalue weighted by molar-refractivity contribution is 6.69. The molecule has 2 rings (SSSR count). The molecule has 2 radical (unpaired) electrons. The lowest BCUT2D eigenvalue weighted by atomic mass is 10.1. The van der Waals surface area contributed by atoms with Crippen LogP contribution in [-0.4, -0.2) is 37.3 Å². The van der Waals surface area contributed by atoms with Crippen LogP contribution in [0.5, 0.6) is 0 Å². The van der Waals surface area contributed by atoms with Crippen LogP contribution >= 0.6 is 0 Å². The minimum absolute atomic E-state index is 0.228. The quantitative estimate of drug-likeness (QED) is 0.401. The number of carbonyl (C=O) groups excluding carboxylic acids is 3. The van der Waals surface area contributed by atoms with Crippen LogP contribution in [0.25, 0.3) is 0 Å². The number of hydrogen-bond donors (Lipinski definition) is 2. The van der Waals surface area contributed by atoms with E-state index in [4.69, 9.17) is 0 Å². The van der Waals surface area contributed by atoms with E-state index in [1.165, 1.54) is 12.4 Å². The van der Waals surface area contributed by atoms with Gasteiger partial charge >= 0.3 is 0 Å². The third-order valence-electron chi connectivity index (χ3n) is 1.74. The molecule has 0 spiro atoms. The van der Waals surface area contributed by atoms with Gasteiger partial charge in [0.25, 0.3) is 17.3 Å². The average Bonchev–Trinajstić information content (AvgIpc) is 2.97. The Hall–Kier alpha value is -2.57. The first-order valence-electron chi connectivity index (χ1n) is 4.16. The standard InChI is InChI=1S/C9H4N4O3/c14-5(6(15)8-10-1-2-11-8)7(16)9-12-3-4-13-9/h1,3H,(H,10,11)(H,12,13). The molecule has 7 nitrogen and oxygen atoms in total. The predicted octanol–water partition coefficient (Wildman–Crippen LogP) is -0.632. The zero-order valence-corrected chi connectivity index (χ0v) is 7.77. The van der Waals surface area contributed by atoms with E-state index >= 15 is 0 Å². The van der Waals surface area contributed by atoms with Crippen molar-refractivity contribution in [2.75, 3.05) is 0 Å². The highest BCUT2D eigenvalue weighted by Gasteiger charge is 2.28. The Balaban J connectivity index is 2.21. The molecule has 0 fully saturated rings. The molecule has 0 unspecified atom stereocenters. The van der Waals surface area contributed by atoms with Gasteiger partial charge in [-0.05, 0) is 0 Å². The van der Waals surface area contributed by atoms with Crippen molar-refractivity contribution in [3.63, 3.8) is 0 Å². The molecular formula is C9H4N4O3. The molecule has 7 heteroatoms. The monoisotopic (exact) mass is 216 g/mol. The number of H-pyrrole nitrogens is 2. The normalized spacial score (nSPS) is 10.0. The number of imidazole rings is 2. The largest absolute Gasteiger partial charge is 0.341 e. The van der Waals surface area contributed by atoms with Crippen molar-refractivity contribution in [2.24, 2.45) is 0 Å². The molecule has 2 aromatic heterocycles. The maximum atomic E-state index is 11.4. The molecule has 0 saturated carbocycles. The van der Waals surface area contributed by atoms with E-state index in [2.05, 4.69) is 32.3 Å². The van der Waals surface area contributed by atoms with Gasteiger partial charge in [-0.1, -0.05) is 0 Å². The van der Waals surface area contributed by atoms with E-state index in [9.17, 15) is 14.4 Å². The van der Waals surface area contributed by atoms with Gasteiger partial charge in [0.05, 0.1) is 0 Å². The van der Waals surface area contributed by atoms with E-state index in [1.807, 2.05) is 0 Å². The number of nitrogens with zero attached hydrogens (tertiary/aromatic N) is 2. The minimum Gasteiger partial charge on any atom is -0.341 e. The third-order valence-corrected chi connectivity index (χ3v) is 1.74. The van der Waals surface area contributed by atoms with E-state index in [-0.39, 0.29) is 11.6 Å². The second-order valence-corrected chi connectivity index (χ2v) is 2.74. The Morgan fingerprint density at radius 1 is 0.938 bits per heavy atom. The SMILES string of the molecule is O=C(C(=O)c1n[c]c[nH]1)C(=O)c1n[c]c[nH]1. The molecule has 0 atom stereocenters. The fourth-order valence-corrected chi connectivity index (χ4v) is 1.01. The number of carbonyl (C=O) groups is 3. The number of rotatable bonds is 4. The predicted molar refractivity (Wildman–Crippen MR) is 48.5 cm³/mol. The first-order valence-corrected chi connectivity index (χ1v) is 4.16. The van der Waals surface area contributed by atoms with Gasteiger partial charge in [-0.3, -0.25) is 14.4 Å². The second kappa shape index (κ2) is 3.89. The Kier molecular flexibility index (Phi) is 2.42. The highest BCUT2D eigenvalue weighted by Crippen LogP contribution is 1.98. The van der Waals surface area contributed by atoms with E-state index in [1.54, 1.807) is 0 Å². The summed E-state index contributed by atoms with van der Waals surface area (Å²) in [6, 6.07) is 0. The second-order valence-electron chi connectivity index (χ2n) is 2.74. The molecule has 0 aliphatic carbocycles. The molecule has 0 aromatic carbocycles. The van der Waals surface area contributed by atoms with Crippen molar-refractivity contribution in [1.82, 2.24) is 19.9 Å². The van der Waals surface area contributed by atoms with Crippen molar-refractivity contribution in [3.8, 4) is 0 Å². The van der Waals surface area contributed by atoms with Crippen molar-refractivity contribution in [1.29, 1.82) is 0 Å². The number of nitrogens with one attached hydrogen (secondary N) is 2. The van der Waals surface area contributed by atoms with Crippen molar-refractivity contribution >= 4 is 17.3 Å². The molecule has 0 aliphatic heterocycles. The topological polar surface area (TPSA) is 109 Å². The molecule has 0 saturated heterocycles. The van der Waals surface area contributed by atoms with Crippen molar-refractivity contribution in [3.05, 3.63) is 36.4 Å². The molecular weight excluding hydrogens is 212 g/mol. The summed E-state index contributed by atoms with van der Waals surface area (Å²) in [6.45, 7) is 0. The number of Topliss-reactive ketones (excluding diaryl/α,β-unsaturated/α-hetero) is 3. The van der Waals surface area contributed by atoms with Crippen molar-refractivity contribution in [2.45, 2.75) is 0 Å². The van der Waals surface area contributed by atoms with Crippen LogP contribution in [0.3, 0.4) is 0 Å². The van der Waals surface area contributed by atoms with Gasteiger partial charge in [-0.15, -0.1) is 0 Å². The first-order chi connectivity index (χ1) is 7.70. The van der Waals surface area contributed by atoms with E-state index in [0.717, 1.165) is 0 Å². The van der Waals surface area contributed by atoms with Gasteiger partial charge in [0.15, 0.2) is 11.6 Å². The maximum absolute atomic E-state index is 11.4. The zero-order chi connectivity index (χ0) is 11.5. The lowest BCUT2D eigenvalue weighted by Gasteiger charge is -1.93. The van der Waals surface area contributed by atoms with Crippen LogP contribution in [0, 0.1) is 12.4 Å². The first kappa shape index (κ1) is 9.97. The van der Waals surface area contributed by atoms with Crippen LogP contribution in [0.2, 0.25) is 0 Å². The summed E-state index contributed by atoms with van der Waals surface area (Å²) in [7, 11) is 0. The van der Waals surface area contributed by atoms with Gasteiger partial charge in [0, 0.05) is 12.4 Å². The zero-order valence-electron chi connectivity index (χ0n) is 7.77. The van der Waals surface area contributed by atoms with Gasteiger partial charge < -0.3 is 9.97 Å². The number of hydrogen-bond acceptors (Lipinski definition) is 5. The summed E-state index contributed by atoms with van der Waals surface area (Å²) in [5, 5.41) is 0. The lowest BCUT2D eigenvalue weighted by molar-refractivity contribution is -0.111. The summed E-state index contributed by atoms with van der Waals surface area (Å²) >= 11 is 0. The van der Waals surface area contributed by atoms with Crippen LogP contribution in [0.1, 0.15) is 21.2 Å². The number of ketones is 3. The van der Waals surface area contributed by atoms with Gasteiger partial charge in [-0.2, -0.15) is 0 Å². The molecule has 2 aromatic rings. The lowest BCUT2D eigenvalue weighted by Crippen LogP contribution is -2.26. The average molecular weight is 216 g/mol. The summed E-state index contributed by atoms with van der Waals surface area (Å²) in [4.78, 5) is 45.9. The van der Waals surface area contributed by atoms with Crippen LogP contribution in [0.4, 0.5) is 0 Å². The molecule has 0 bridgehead atoms. The van der Waals surface area contributed by atoms with Gasteiger partial charge in [0.1, 0.15) is 12.4 Å². The molecule has 2 N–H and O–H groups in total.